The Morgan fingerprint density at radius 3 is 2.81 bits per heavy atom. The normalized spacial score (nSPS) is 14.5. The number of ether oxygens (including phenoxy) is 1. The third-order valence-electron chi connectivity index (χ3n) is 5.43. The molecule has 10 heteroatoms. The molecule has 1 aliphatic rings. The molecule has 32 heavy (non-hydrogen) atoms. The number of nitrogens with zero attached hydrogens (tertiary/aromatic N) is 4. The van der Waals surface area contributed by atoms with Crippen molar-refractivity contribution in [2.75, 3.05) is 36.2 Å². The first-order valence-electron chi connectivity index (χ1n) is 10.5. The van der Waals surface area contributed by atoms with Crippen molar-refractivity contribution < 1.29 is 13.9 Å². The monoisotopic (exact) mass is 475 g/mol. The Morgan fingerprint density at radius 2 is 2.12 bits per heavy atom. The van der Waals surface area contributed by atoms with Gasteiger partial charge in [0.1, 0.15) is 11.5 Å². The number of methoxy groups -OCH3 is 1. The number of benzene rings is 1. The summed E-state index contributed by atoms with van der Waals surface area (Å²) in [5, 5.41) is 12.8. The van der Waals surface area contributed by atoms with Gasteiger partial charge in [-0.05, 0) is 49.1 Å². The molecule has 0 bridgehead atoms. The number of amides is 1. The third-order valence-corrected chi connectivity index (χ3v) is 6.69. The highest BCUT2D eigenvalue weighted by Crippen LogP contribution is 2.29. The molecular weight excluding hydrogens is 450 g/mol. The van der Waals surface area contributed by atoms with E-state index in [1.54, 1.807) is 31.6 Å². The number of halogens is 1. The molecule has 1 N–H and O–H groups in total. The third kappa shape index (κ3) is 5.39. The van der Waals surface area contributed by atoms with E-state index in [4.69, 9.17) is 20.8 Å². The van der Waals surface area contributed by atoms with Gasteiger partial charge in [0.05, 0.1) is 30.7 Å². The quantitative estimate of drug-likeness (QED) is 0.478. The molecule has 0 saturated carbocycles. The summed E-state index contributed by atoms with van der Waals surface area (Å²) in [5.74, 6) is 2.95. The predicted molar refractivity (Wildman–Crippen MR) is 126 cm³/mol. The maximum absolute atomic E-state index is 12.5. The maximum atomic E-state index is 12.5. The number of furan rings is 1. The molecule has 1 amide bonds. The van der Waals surface area contributed by atoms with Crippen molar-refractivity contribution in [3.8, 4) is 5.75 Å². The Morgan fingerprint density at radius 1 is 1.31 bits per heavy atom. The second-order valence-electron chi connectivity index (χ2n) is 7.80. The van der Waals surface area contributed by atoms with Crippen LogP contribution in [0.2, 0.25) is 5.02 Å². The zero-order valence-corrected chi connectivity index (χ0v) is 19.7. The van der Waals surface area contributed by atoms with E-state index in [1.807, 2.05) is 16.7 Å². The summed E-state index contributed by atoms with van der Waals surface area (Å²) in [6.07, 6.45) is 3.91. The molecule has 170 valence electrons. The van der Waals surface area contributed by atoms with E-state index in [1.165, 1.54) is 11.8 Å². The lowest BCUT2D eigenvalue weighted by Gasteiger charge is -2.31. The summed E-state index contributed by atoms with van der Waals surface area (Å²) in [7, 11) is 1.55. The van der Waals surface area contributed by atoms with Crippen LogP contribution >= 0.6 is 23.4 Å². The fraction of sp³-hybridized carbons (Fsp3) is 0.409. The smallest absolute Gasteiger partial charge is 0.234 e. The van der Waals surface area contributed by atoms with Crippen LogP contribution in [0.4, 0.5) is 11.6 Å². The lowest BCUT2D eigenvalue weighted by Crippen LogP contribution is -2.35. The molecule has 3 aromatic rings. The SMILES string of the molecule is COc1ccc(NC(=O)CSc2nnc(N3CCC(C)CC3)n2Cc2ccco2)cc1Cl. The first kappa shape index (κ1) is 22.5. The van der Waals surface area contributed by atoms with Gasteiger partial charge in [-0.2, -0.15) is 0 Å². The van der Waals surface area contributed by atoms with Gasteiger partial charge >= 0.3 is 0 Å². The number of thioether (sulfide) groups is 1. The van der Waals surface area contributed by atoms with Crippen LogP contribution in [0.5, 0.6) is 5.75 Å². The number of aromatic nitrogens is 3. The first-order valence-corrected chi connectivity index (χ1v) is 11.9. The Kier molecular flexibility index (Phi) is 7.26. The fourth-order valence-electron chi connectivity index (χ4n) is 3.60. The average molecular weight is 476 g/mol. The van der Waals surface area contributed by atoms with Crippen LogP contribution in [0.3, 0.4) is 0 Å². The number of carbonyl (C=O) groups is 1. The van der Waals surface area contributed by atoms with Gasteiger partial charge in [-0.15, -0.1) is 10.2 Å². The molecule has 2 aromatic heterocycles. The summed E-state index contributed by atoms with van der Waals surface area (Å²) in [4.78, 5) is 14.8. The topological polar surface area (TPSA) is 85.4 Å². The van der Waals surface area contributed by atoms with Crippen LogP contribution in [0, 0.1) is 5.92 Å². The van der Waals surface area contributed by atoms with Gasteiger partial charge in [0.15, 0.2) is 5.16 Å². The molecular formula is C22H26ClN5O3S. The van der Waals surface area contributed by atoms with Crippen molar-refractivity contribution in [1.82, 2.24) is 14.8 Å². The van der Waals surface area contributed by atoms with Gasteiger partial charge in [-0.1, -0.05) is 30.3 Å². The van der Waals surface area contributed by atoms with Crippen molar-refractivity contribution >= 4 is 40.9 Å². The van der Waals surface area contributed by atoms with Gasteiger partial charge in [-0.3, -0.25) is 9.36 Å². The summed E-state index contributed by atoms with van der Waals surface area (Å²) < 4.78 is 12.7. The van der Waals surface area contributed by atoms with Crippen molar-refractivity contribution in [2.45, 2.75) is 31.5 Å². The largest absolute Gasteiger partial charge is 0.495 e. The summed E-state index contributed by atoms with van der Waals surface area (Å²) in [5.41, 5.74) is 0.613. The first-order chi connectivity index (χ1) is 15.5. The van der Waals surface area contributed by atoms with Gasteiger partial charge in [0, 0.05) is 18.8 Å². The van der Waals surface area contributed by atoms with Crippen LogP contribution in [-0.4, -0.2) is 46.6 Å². The number of hydrogen-bond acceptors (Lipinski definition) is 7. The van der Waals surface area contributed by atoms with Gasteiger partial charge in [0.25, 0.3) is 0 Å². The minimum absolute atomic E-state index is 0.155. The van der Waals surface area contributed by atoms with Gasteiger partial charge < -0.3 is 19.4 Å². The molecule has 0 unspecified atom stereocenters. The Bertz CT molecular complexity index is 1050. The molecule has 8 nitrogen and oxygen atoms in total. The van der Waals surface area contributed by atoms with Crippen molar-refractivity contribution in [3.05, 3.63) is 47.4 Å². The molecule has 1 aromatic carbocycles. The highest BCUT2D eigenvalue weighted by molar-refractivity contribution is 7.99. The van der Waals surface area contributed by atoms with E-state index < -0.39 is 0 Å². The highest BCUT2D eigenvalue weighted by atomic mass is 35.5. The van der Waals surface area contributed by atoms with Crippen LogP contribution in [0.15, 0.2) is 46.2 Å². The molecule has 4 rings (SSSR count). The molecule has 1 fully saturated rings. The number of anilines is 2. The zero-order chi connectivity index (χ0) is 22.5. The van der Waals surface area contributed by atoms with E-state index in [0.29, 0.717) is 28.2 Å². The van der Waals surface area contributed by atoms with Crippen LogP contribution in [0.1, 0.15) is 25.5 Å². The average Bonchev–Trinajstić information content (AvgIpc) is 3.44. The zero-order valence-electron chi connectivity index (χ0n) is 18.1. The standard InChI is InChI=1S/C22H26ClN5O3S/c1-15-7-9-27(10-8-15)21-25-26-22(28(21)13-17-4-3-11-31-17)32-14-20(29)24-16-5-6-19(30-2)18(23)12-16/h3-6,11-12,15H,7-10,13-14H2,1-2H3,(H,24,29). The molecule has 3 heterocycles. The van der Waals surface area contributed by atoms with Crippen molar-refractivity contribution in [1.29, 1.82) is 0 Å². The Labute approximate surface area is 196 Å². The number of nitrogens with one attached hydrogen (secondary N) is 1. The lowest BCUT2D eigenvalue weighted by molar-refractivity contribution is -0.113. The van der Waals surface area contributed by atoms with E-state index in [2.05, 4.69) is 27.3 Å². The summed E-state index contributed by atoms with van der Waals surface area (Å²) >= 11 is 7.49. The fourth-order valence-corrected chi connectivity index (χ4v) is 4.59. The number of rotatable bonds is 8. The maximum Gasteiger partial charge on any atom is 0.234 e. The summed E-state index contributed by atoms with van der Waals surface area (Å²) in [6.45, 7) is 4.68. The van der Waals surface area contributed by atoms with Crippen LogP contribution in [0.25, 0.3) is 0 Å². The molecule has 1 aliphatic heterocycles. The lowest BCUT2D eigenvalue weighted by atomic mass is 10.00. The van der Waals surface area contributed by atoms with E-state index in [0.717, 1.165) is 43.6 Å². The predicted octanol–water partition coefficient (Wildman–Crippen LogP) is 4.55. The second-order valence-corrected chi connectivity index (χ2v) is 9.15. The minimum Gasteiger partial charge on any atom is -0.495 e. The minimum atomic E-state index is -0.155. The molecule has 0 atom stereocenters. The number of piperidine rings is 1. The van der Waals surface area contributed by atoms with E-state index in [-0.39, 0.29) is 11.7 Å². The molecule has 0 aliphatic carbocycles. The van der Waals surface area contributed by atoms with E-state index >= 15 is 0 Å². The van der Waals surface area contributed by atoms with Crippen molar-refractivity contribution in [2.24, 2.45) is 5.92 Å². The van der Waals surface area contributed by atoms with E-state index in [9.17, 15) is 4.79 Å². The molecule has 1 saturated heterocycles. The molecule has 0 spiro atoms. The highest BCUT2D eigenvalue weighted by Gasteiger charge is 2.23. The molecule has 0 radical (unpaired) electrons. The van der Waals surface area contributed by atoms with Gasteiger partial charge in [0.2, 0.25) is 11.9 Å². The van der Waals surface area contributed by atoms with Crippen molar-refractivity contribution in [3.63, 3.8) is 0 Å². The van der Waals surface area contributed by atoms with Crippen LogP contribution < -0.4 is 15.0 Å². The second kappa shape index (κ2) is 10.3. The Balaban J connectivity index is 1.45. The number of carbonyl (C=O) groups excluding carboxylic acids is 1. The Hall–Kier alpha value is -2.65. The number of hydrogen-bond donors (Lipinski definition) is 1. The summed E-state index contributed by atoms with van der Waals surface area (Å²) in [6, 6.07) is 8.93. The van der Waals surface area contributed by atoms with Crippen LogP contribution in [-0.2, 0) is 11.3 Å². The van der Waals surface area contributed by atoms with Gasteiger partial charge in [-0.25, -0.2) is 0 Å².